The zero-order valence-electron chi connectivity index (χ0n) is 8.83. The molecular formula is C11H19NO2. The van der Waals surface area contributed by atoms with Crippen molar-refractivity contribution in [2.75, 3.05) is 13.1 Å². The van der Waals surface area contributed by atoms with Crippen molar-refractivity contribution in [1.82, 2.24) is 4.90 Å². The van der Waals surface area contributed by atoms with Crippen molar-refractivity contribution in [3.63, 3.8) is 0 Å². The van der Waals surface area contributed by atoms with Crippen LogP contribution in [0.3, 0.4) is 0 Å². The predicted octanol–water partition coefficient (Wildman–Crippen LogP) is 1.73. The van der Waals surface area contributed by atoms with E-state index >= 15 is 0 Å². The third kappa shape index (κ3) is 1.78. The van der Waals surface area contributed by atoms with Gasteiger partial charge in [0.05, 0.1) is 5.41 Å². The Morgan fingerprint density at radius 2 is 2.21 bits per heavy atom. The van der Waals surface area contributed by atoms with Crippen LogP contribution >= 0.6 is 0 Å². The number of piperidine rings is 1. The molecule has 14 heavy (non-hydrogen) atoms. The van der Waals surface area contributed by atoms with Crippen LogP contribution in [0, 0.1) is 5.41 Å². The quantitative estimate of drug-likeness (QED) is 0.749. The van der Waals surface area contributed by atoms with E-state index in [9.17, 15) is 4.79 Å². The Bertz CT molecular complexity index is 235. The second-order valence-corrected chi connectivity index (χ2v) is 4.90. The number of rotatable bonds is 3. The molecule has 2 fully saturated rings. The Balaban J connectivity index is 1.93. The lowest BCUT2D eigenvalue weighted by Crippen LogP contribution is -2.43. The zero-order chi connectivity index (χ0) is 10.2. The summed E-state index contributed by atoms with van der Waals surface area (Å²) in [4.78, 5) is 13.4. The summed E-state index contributed by atoms with van der Waals surface area (Å²) in [5.41, 5.74) is -0.369. The first kappa shape index (κ1) is 9.97. The van der Waals surface area contributed by atoms with Gasteiger partial charge >= 0.3 is 5.97 Å². The highest BCUT2D eigenvalue weighted by Crippen LogP contribution is 2.47. The molecule has 1 saturated carbocycles. The van der Waals surface area contributed by atoms with Gasteiger partial charge in [0.15, 0.2) is 0 Å². The van der Waals surface area contributed by atoms with Gasteiger partial charge in [-0.1, -0.05) is 6.42 Å². The molecule has 80 valence electrons. The maximum atomic E-state index is 11.0. The molecule has 0 spiro atoms. The molecule has 1 atom stereocenters. The van der Waals surface area contributed by atoms with Gasteiger partial charge in [-0.05, 0) is 39.2 Å². The van der Waals surface area contributed by atoms with Gasteiger partial charge in [0, 0.05) is 12.6 Å². The van der Waals surface area contributed by atoms with Crippen molar-refractivity contribution in [2.24, 2.45) is 5.41 Å². The first-order valence-corrected chi connectivity index (χ1v) is 5.61. The molecule has 0 bridgehead atoms. The molecule has 3 nitrogen and oxygen atoms in total. The molecule has 1 heterocycles. The average Bonchev–Trinajstić information content (AvgIpc) is 2.90. The van der Waals surface area contributed by atoms with Gasteiger partial charge in [-0.3, -0.25) is 9.69 Å². The lowest BCUT2D eigenvalue weighted by molar-refractivity contribution is -0.144. The van der Waals surface area contributed by atoms with Gasteiger partial charge < -0.3 is 5.11 Å². The fraction of sp³-hybridized carbons (Fsp3) is 0.909. The number of carboxylic acids is 1. The van der Waals surface area contributed by atoms with Gasteiger partial charge in [0.1, 0.15) is 0 Å². The van der Waals surface area contributed by atoms with Crippen LogP contribution < -0.4 is 0 Å². The van der Waals surface area contributed by atoms with Crippen LogP contribution in [-0.4, -0.2) is 35.1 Å². The normalized spacial score (nSPS) is 31.4. The van der Waals surface area contributed by atoms with Gasteiger partial charge in [-0.25, -0.2) is 0 Å². The number of hydrogen-bond donors (Lipinski definition) is 1. The molecule has 0 aromatic heterocycles. The van der Waals surface area contributed by atoms with E-state index in [-0.39, 0.29) is 5.41 Å². The van der Waals surface area contributed by atoms with Gasteiger partial charge in [0.25, 0.3) is 0 Å². The molecule has 1 aliphatic heterocycles. The van der Waals surface area contributed by atoms with Gasteiger partial charge in [-0.15, -0.1) is 0 Å². The van der Waals surface area contributed by atoms with Crippen LogP contribution in [0.1, 0.15) is 39.0 Å². The van der Waals surface area contributed by atoms with E-state index in [1.165, 1.54) is 19.3 Å². The third-order valence-electron chi connectivity index (χ3n) is 3.75. The monoisotopic (exact) mass is 197 g/mol. The summed E-state index contributed by atoms with van der Waals surface area (Å²) in [6.45, 7) is 4.09. The van der Waals surface area contributed by atoms with Crippen LogP contribution in [-0.2, 0) is 4.79 Å². The van der Waals surface area contributed by atoms with Crippen molar-refractivity contribution >= 4 is 5.97 Å². The summed E-state index contributed by atoms with van der Waals surface area (Å²) in [5.74, 6) is -0.588. The Labute approximate surface area is 85.1 Å². The standard InChI is InChI=1S/C11H19NO2/c1-9-4-2-3-7-12(9)8-11(5-6-11)10(13)14/h9H,2-8H2,1H3,(H,13,14). The fourth-order valence-electron chi connectivity index (χ4n) is 2.37. The number of aliphatic carboxylic acids is 1. The summed E-state index contributed by atoms with van der Waals surface area (Å²) in [5, 5.41) is 9.09. The smallest absolute Gasteiger partial charge is 0.310 e. The lowest BCUT2D eigenvalue weighted by atomic mass is 9.99. The maximum Gasteiger partial charge on any atom is 0.310 e. The number of nitrogens with zero attached hydrogens (tertiary/aromatic N) is 1. The largest absolute Gasteiger partial charge is 0.481 e. The average molecular weight is 197 g/mol. The van der Waals surface area contributed by atoms with E-state index in [0.29, 0.717) is 6.04 Å². The molecule has 1 N–H and O–H groups in total. The second kappa shape index (κ2) is 3.54. The highest BCUT2D eigenvalue weighted by atomic mass is 16.4. The molecule has 3 heteroatoms. The first-order chi connectivity index (χ1) is 6.64. The Kier molecular flexibility index (Phi) is 2.52. The van der Waals surface area contributed by atoms with E-state index in [1.807, 2.05) is 0 Å². The summed E-state index contributed by atoms with van der Waals surface area (Å²) in [6.07, 6.45) is 5.53. The van der Waals surface area contributed by atoms with Gasteiger partial charge in [0.2, 0.25) is 0 Å². The molecule has 0 radical (unpaired) electrons. The topological polar surface area (TPSA) is 40.5 Å². The number of likely N-dealkylation sites (tertiary alicyclic amines) is 1. The highest BCUT2D eigenvalue weighted by molar-refractivity contribution is 5.78. The number of hydrogen-bond acceptors (Lipinski definition) is 2. The summed E-state index contributed by atoms with van der Waals surface area (Å²) in [7, 11) is 0. The van der Waals surface area contributed by atoms with Crippen LogP contribution in [0.4, 0.5) is 0 Å². The van der Waals surface area contributed by atoms with Crippen molar-refractivity contribution in [2.45, 2.75) is 45.1 Å². The lowest BCUT2D eigenvalue weighted by Gasteiger charge is -2.35. The minimum atomic E-state index is -0.588. The minimum absolute atomic E-state index is 0.369. The zero-order valence-corrected chi connectivity index (χ0v) is 8.83. The molecule has 2 aliphatic rings. The molecule has 0 aromatic rings. The SMILES string of the molecule is CC1CCCCN1CC1(C(=O)O)CC1. The molecule has 0 aromatic carbocycles. The van der Waals surface area contributed by atoms with E-state index in [1.54, 1.807) is 0 Å². The Morgan fingerprint density at radius 3 is 2.71 bits per heavy atom. The Morgan fingerprint density at radius 1 is 1.50 bits per heavy atom. The van der Waals surface area contributed by atoms with E-state index < -0.39 is 5.97 Å². The van der Waals surface area contributed by atoms with Crippen LogP contribution in [0.15, 0.2) is 0 Å². The van der Waals surface area contributed by atoms with Crippen LogP contribution in [0.2, 0.25) is 0 Å². The number of carboxylic acid groups (broad SMARTS) is 1. The van der Waals surface area contributed by atoms with Crippen molar-refractivity contribution in [1.29, 1.82) is 0 Å². The first-order valence-electron chi connectivity index (χ1n) is 5.61. The molecule has 0 amide bonds. The summed E-state index contributed by atoms with van der Waals surface area (Å²) in [6, 6.07) is 0.584. The van der Waals surface area contributed by atoms with Crippen molar-refractivity contribution < 1.29 is 9.90 Å². The fourth-order valence-corrected chi connectivity index (χ4v) is 2.37. The Hall–Kier alpha value is -0.570. The van der Waals surface area contributed by atoms with E-state index in [4.69, 9.17) is 5.11 Å². The van der Waals surface area contributed by atoms with Crippen LogP contribution in [0.25, 0.3) is 0 Å². The van der Waals surface area contributed by atoms with Crippen LogP contribution in [0.5, 0.6) is 0 Å². The highest BCUT2D eigenvalue weighted by Gasteiger charge is 2.51. The minimum Gasteiger partial charge on any atom is -0.481 e. The third-order valence-corrected chi connectivity index (χ3v) is 3.75. The summed E-state index contributed by atoms with van der Waals surface area (Å²) >= 11 is 0. The molecular weight excluding hydrogens is 178 g/mol. The van der Waals surface area contributed by atoms with E-state index in [2.05, 4.69) is 11.8 Å². The summed E-state index contributed by atoms with van der Waals surface area (Å²) < 4.78 is 0. The number of carbonyl (C=O) groups is 1. The second-order valence-electron chi connectivity index (χ2n) is 4.90. The van der Waals surface area contributed by atoms with Crippen molar-refractivity contribution in [3.05, 3.63) is 0 Å². The van der Waals surface area contributed by atoms with E-state index in [0.717, 1.165) is 25.9 Å². The maximum absolute atomic E-state index is 11.0. The molecule has 1 aliphatic carbocycles. The predicted molar refractivity (Wildman–Crippen MR) is 54.2 cm³/mol. The van der Waals surface area contributed by atoms with Gasteiger partial charge in [-0.2, -0.15) is 0 Å². The molecule has 1 saturated heterocycles. The molecule has 1 unspecified atom stereocenters. The molecule has 2 rings (SSSR count). The van der Waals surface area contributed by atoms with Crippen molar-refractivity contribution in [3.8, 4) is 0 Å².